The molecule has 0 radical (unpaired) electrons. The highest BCUT2D eigenvalue weighted by atomic mass is 31.2. The van der Waals surface area contributed by atoms with E-state index < -0.39 is 8.38 Å². The molecule has 68 valence electrons. The third kappa shape index (κ3) is 5.60. The predicted molar refractivity (Wildman–Crippen MR) is 49.7 cm³/mol. The maximum absolute atomic E-state index is 9.41. The minimum atomic E-state index is -1.17. The SMILES string of the molecule is CCC(C)P(O)OCC(C)C. The fourth-order valence-electron chi connectivity index (χ4n) is 0.509. The van der Waals surface area contributed by atoms with Crippen LogP contribution in [0.3, 0.4) is 0 Å². The van der Waals surface area contributed by atoms with Gasteiger partial charge in [-0.3, -0.25) is 0 Å². The molecule has 2 unspecified atom stereocenters. The van der Waals surface area contributed by atoms with Crippen LogP contribution in [0.15, 0.2) is 0 Å². The summed E-state index contributed by atoms with van der Waals surface area (Å²) in [6.45, 7) is 8.92. The van der Waals surface area contributed by atoms with Crippen LogP contribution < -0.4 is 0 Å². The van der Waals surface area contributed by atoms with Gasteiger partial charge in [0.25, 0.3) is 0 Å². The molecule has 11 heavy (non-hydrogen) atoms. The zero-order valence-corrected chi connectivity index (χ0v) is 8.77. The maximum atomic E-state index is 9.41. The molecule has 0 saturated heterocycles. The first kappa shape index (κ1) is 11.4. The van der Waals surface area contributed by atoms with Gasteiger partial charge in [-0.05, 0) is 12.3 Å². The highest BCUT2D eigenvalue weighted by Crippen LogP contribution is 2.39. The molecule has 0 saturated carbocycles. The van der Waals surface area contributed by atoms with Crippen molar-refractivity contribution in [1.29, 1.82) is 0 Å². The largest absolute Gasteiger partial charge is 0.350 e. The van der Waals surface area contributed by atoms with E-state index in [4.69, 9.17) is 4.52 Å². The van der Waals surface area contributed by atoms with Crippen molar-refractivity contribution in [2.24, 2.45) is 5.92 Å². The number of hydrogen-bond acceptors (Lipinski definition) is 2. The molecule has 0 bridgehead atoms. The summed E-state index contributed by atoms with van der Waals surface area (Å²) in [5.74, 6) is 0.510. The smallest absolute Gasteiger partial charge is 0.170 e. The van der Waals surface area contributed by atoms with Crippen molar-refractivity contribution < 1.29 is 9.42 Å². The minimum absolute atomic E-state index is 0.309. The van der Waals surface area contributed by atoms with E-state index in [0.717, 1.165) is 6.42 Å². The second-order valence-corrected chi connectivity index (χ2v) is 4.99. The molecular formula is C8H19O2P. The Morgan fingerprint density at radius 3 is 2.27 bits per heavy atom. The number of rotatable bonds is 5. The average molecular weight is 178 g/mol. The van der Waals surface area contributed by atoms with Gasteiger partial charge in [-0.25, -0.2) is 0 Å². The fourth-order valence-corrected chi connectivity index (χ4v) is 1.53. The molecule has 0 rings (SSSR count). The van der Waals surface area contributed by atoms with Crippen molar-refractivity contribution in [2.45, 2.75) is 39.8 Å². The number of hydrogen-bond donors (Lipinski definition) is 1. The molecule has 0 aliphatic rings. The van der Waals surface area contributed by atoms with Crippen molar-refractivity contribution in [2.75, 3.05) is 6.61 Å². The van der Waals surface area contributed by atoms with Gasteiger partial charge < -0.3 is 9.42 Å². The standard InChI is InChI=1S/C8H19O2P/c1-5-8(4)11(9)10-6-7(2)3/h7-9H,5-6H2,1-4H3. The molecule has 0 amide bonds. The van der Waals surface area contributed by atoms with Crippen molar-refractivity contribution >= 4 is 8.38 Å². The first-order valence-electron chi connectivity index (χ1n) is 4.19. The first-order valence-corrected chi connectivity index (χ1v) is 5.47. The molecule has 0 aromatic heterocycles. The van der Waals surface area contributed by atoms with E-state index in [1.807, 2.05) is 6.92 Å². The highest BCUT2D eigenvalue weighted by Gasteiger charge is 2.13. The Balaban J connectivity index is 3.43. The van der Waals surface area contributed by atoms with E-state index in [0.29, 0.717) is 18.2 Å². The summed E-state index contributed by atoms with van der Waals surface area (Å²) in [6.07, 6.45) is 0.986. The molecule has 2 nitrogen and oxygen atoms in total. The quantitative estimate of drug-likeness (QED) is 0.656. The third-order valence-electron chi connectivity index (χ3n) is 1.51. The van der Waals surface area contributed by atoms with Crippen LogP contribution in [0.5, 0.6) is 0 Å². The Bertz CT molecular complexity index is 96.1. The summed E-state index contributed by atoms with van der Waals surface area (Å²) in [7, 11) is -1.17. The molecule has 0 aromatic rings. The Labute approximate surface area is 70.9 Å². The monoisotopic (exact) mass is 178 g/mol. The molecule has 0 aliphatic heterocycles. The second kappa shape index (κ2) is 5.93. The van der Waals surface area contributed by atoms with Crippen LogP contribution in [0, 0.1) is 5.92 Å². The van der Waals surface area contributed by atoms with Crippen molar-refractivity contribution in [3.63, 3.8) is 0 Å². The second-order valence-electron chi connectivity index (χ2n) is 3.25. The van der Waals surface area contributed by atoms with Crippen LogP contribution in [0.2, 0.25) is 0 Å². The van der Waals surface area contributed by atoms with Gasteiger partial charge in [-0.1, -0.05) is 27.7 Å². The maximum Gasteiger partial charge on any atom is 0.170 e. The lowest BCUT2D eigenvalue weighted by atomic mass is 10.2. The van der Waals surface area contributed by atoms with E-state index >= 15 is 0 Å². The normalized spacial score (nSPS) is 16.9. The van der Waals surface area contributed by atoms with Gasteiger partial charge in [-0.15, -0.1) is 0 Å². The van der Waals surface area contributed by atoms with Gasteiger partial charge in [0.2, 0.25) is 0 Å². The highest BCUT2D eigenvalue weighted by molar-refractivity contribution is 7.46. The summed E-state index contributed by atoms with van der Waals surface area (Å²) in [5.41, 5.74) is 0.309. The van der Waals surface area contributed by atoms with Gasteiger partial charge in [0, 0.05) is 5.66 Å². The molecule has 0 aromatic carbocycles. The summed E-state index contributed by atoms with van der Waals surface area (Å²) >= 11 is 0. The molecule has 2 atom stereocenters. The van der Waals surface area contributed by atoms with Gasteiger partial charge in [-0.2, -0.15) is 0 Å². The average Bonchev–Trinajstić information content (AvgIpc) is 1.98. The molecule has 0 fully saturated rings. The predicted octanol–water partition coefficient (Wildman–Crippen LogP) is 2.76. The van der Waals surface area contributed by atoms with E-state index in [9.17, 15) is 4.89 Å². The van der Waals surface area contributed by atoms with Crippen molar-refractivity contribution in [3.05, 3.63) is 0 Å². The molecule has 0 heterocycles. The van der Waals surface area contributed by atoms with Crippen LogP contribution in [-0.4, -0.2) is 17.2 Å². The topological polar surface area (TPSA) is 29.5 Å². The molecule has 1 N–H and O–H groups in total. The van der Waals surface area contributed by atoms with E-state index in [-0.39, 0.29) is 0 Å². The Morgan fingerprint density at radius 1 is 1.36 bits per heavy atom. The van der Waals surface area contributed by atoms with Crippen molar-refractivity contribution in [1.82, 2.24) is 0 Å². The zero-order valence-electron chi connectivity index (χ0n) is 7.87. The first-order chi connectivity index (χ1) is 5.07. The Kier molecular flexibility index (Phi) is 6.12. The van der Waals surface area contributed by atoms with Crippen LogP contribution >= 0.6 is 8.38 Å². The molecule has 3 heteroatoms. The van der Waals surface area contributed by atoms with Gasteiger partial charge in [0.15, 0.2) is 8.38 Å². The van der Waals surface area contributed by atoms with Crippen LogP contribution in [0.25, 0.3) is 0 Å². The summed E-state index contributed by atoms with van der Waals surface area (Å²) < 4.78 is 5.28. The Hall–Kier alpha value is 0.350. The molecule has 0 aliphatic carbocycles. The van der Waals surface area contributed by atoms with Crippen LogP contribution in [0.4, 0.5) is 0 Å². The lowest BCUT2D eigenvalue weighted by molar-refractivity contribution is 0.262. The summed E-state index contributed by atoms with van der Waals surface area (Å²) in [5, 5.41) is 0. The van der Waals surface area contributed by atoms with Crippen LogP contribution in [-0.2, 0) is 4.52 Å². The zero-order chi connectivity index (χ0) is 8.85. The van der Waals surface area contributed by atoms with Gasteiger partial charge in [0.05, 0.1) is 6.61 Å². The third-order valence-corrected chi connectivity index (χ3v) is 3.04. The van der Waals surface area contributed by atoms with Crippen LogP contribution in [0.1, 0.15) is 34.1 Å². The summed E-state index contributed by atoms with van der Waals surface area (Å²) in [4.78, 5) is 9.41. The lowest BCUT2D eigenvalue weighted by Crippen LogP contribution is -2.04. The van der Waals surface area contributed by atoms with E-state index in [2.05, 4.69) is 20.8 Å². The minimum Gasteiger partial charge on any atom is -0.350 e. The van der Waals surface area contributed by atoms with Gasteiger partial charge >= 0.3 is 0 Å². The van der Waals surface area contributed by atoms with Gasteiger partial charge in [0.1, 0.15) is 0 Å². The molecular weight excluding hydrogens is 159 g/mol. The van der Waals surface area contributed by atoms with E-state index in [1.165, 1.54) is 0 Å². The summed E-state index contributed by atoms with van der Waals surface area (Å²) in [6, 6.07) is 0. The fraction of sp³-hybridized carbons (Fsp3) is 1.00. The lowest BCUT2D eigenvalue weighted by Gasteiger charge is -2.17. The van der Waals surface area contributed by atoms with Crippen molar-refractivity contribution in [3.8, 4) is 0 Å². The van der Waals surface area contributed by atoms with E-state index in [1.54, 1.807) is 0 Å². The molecule has 0 spiro atoms. The Morgan fingerprint density at radius 2 is 1.91 bits per heavy atom.